The molecule has 0 aromatic carbocycles. The van der Waals surface area contributed by atoms with Gasteiger partial charge in [0, 0.05) is 6.26 Å². The van der Waals surface area contributed by atoms with E-state index in [0.29, 0.717) is 0 Å². The predicted octanol–water partition coefficient (Wildman–Crippen LogP) is 1.45. The molecule has 0 bridgehead atoms. The maximum absolute atomic E-state index is 12.1. The van der Waals surface area contributed by atoms with E-state index in [9.17, 15) is 17.4 Å². The summed E-state index contributed by atoms with van der Waals surface area (Å²) in [6.45, 7) is 3.07. The van der Waals surface area contributed by atoms with E-state index in [2.05, 4.69) is 4.74 Å². The van der Waals surface area contributed by atoms with Crippen molar-refractivity contribution in [3.05, 3.63) is 10.9 Å². The molecule has 0 saturated heterocycles. The second-order valence-corrected chi connectivity index (χ2v) is 8.90. The predicted molar refractivity (Wildman–Crippen MR) is 70.3 cm³/mol. The Kier molecular flexibility index (Phi) is 4.68. The lowest BCUT2D eigenvalue weighted by atomic mass is 10.5. The van der Waals surface area contributed by atoms with Crippen LogP contribution in [-0.2, 0) is 25.4 Å². The summed E-state index contributed by atoms with van der Waals surface area (Å²) >= 11 is 0.891. The minimum Gasteiger partial charge on any atom is -0.465 e. The molecule has 0 radical (unpaired) electrons. The molecule has 0 aliphatic rings. The van der Waals surface area contributed by atoms with Crippen LogP contribution in [-0.4, -0.2) is 37.2 Å². The first-order valence-electron chi connectivity index (χ1n) is 5.01. The molecule has 0 fully saturated rings. The number of carbonyl (C=O) groups excluding carboxylic acids is 1. The third-order valence-corrected chi connectivity index (χ3v) is 7.28. The van der Waals surface area contributed by atoms with Crippen molar-refractivity contribution >= 4 is 37.9 Å². The molecule has 1 aromatic rings. The third kappa shape index (κ3) is 2.81. The number of hydrogen-bond donors (Lipinski definition) is 0. The lowest BCUT2D eigenvalue weighted by molar-refractivity contribution is 0.0606. The summed E-state index contributed by atoms with van der Waals surface area (Å²) in [5, 5.41) is -0.639. The maximum Gasteiger partial charge on any atom is 0.348 e. The van der Waals surface area contributed by atoms with Crippen LogP contribution in [0.2, 0.25) is 0 Å². The Morgan fingerprint density at radius 3 is 2.39 bits per heavy atom. The van der Waals surface area contributed by atoms with Crippen LogP contribution in [0.5, 0.6) is 0 Å². The Morgan fingerprint density at radius 1 is 1.44 bits per heavy atom. The molecule has 0 N–H and O–H groups in total. The number of methoxy groups -OCH3 is 1. The van der Waals surface area contributed by atoms with E-state index >= 15 is 0 Å². The highest BCUT2D eigenvalue weighted by Crippen LogP contribution is 2.31. The van der Waals surface area contributed by atoms with Gasteiger partial charge in [-0.05, 0) is 19.9 Å². The molecule has 1 rings (SSSR count). The molecule has 0 spiro atoms. The Hall–Kier alpha value is -0.730. The van der Waals surface area contributed by atoms with Gasteiger partial charge in [-0.3, -0.25) is 4.21 Å². The van der Waals surface area contributed by atoms with Crippen LogP contribution >= 0.6 is 11.3 Å². The third-order valence-electron chi connectivity index (χ3n) is 2.24. The van der Waals surface area contributed by atoms with E-state index in [1.807, 2.05) is 0 Å². The second kappa shape index (κ2) is 5.50. The van der Waals surface area contributed by atoms with Gasteiger partial charge in [-0.25, -0.2) is 13.2 Å². The molecule has 102 valence electrons. The molecular formula is C10H14O5S3. The van der Waals surface area contributed by atoms with Gasteiger partial charge in [-0.15, -0.1) is 11.3 Å². The van der Waals surface area contributed by atoms with Crippen molar-refractivity contribution in [2.24, 2.45) is 0 Å². The summed E-state index contributed by atoms with van der Waals surface area (Å²) in [5.41, 5.74) is 0. The van der Waals surface area contributed by atoms with Crippen LogP contribution < -0.4 is 0 Å². The Labute approximate surface area is 113 Å². The molecule has 0 unspecified atom stereocenters. The fraction of sp³-hybridized carbons (Fsp3) is 0.500. The van der Waals surface area contributed by atoms with E-state index < -0.39 is 31.9 Å². The number of carbonyl (C=O) groups is 1. The van der Waals surface area contributed by atoms with Gasteiger partial charge in [0.15, 0.2) is 9.84 Å². The largest absolute Gasteiger partial charge is 0.465 e. The van der Waals surface area contributed by atoms with E-state index in [-0.39, 0.29) is 14.0 Å². The van der Waals surface area contributed by atoms with Gasteiger partial charge in [0.05, 0.1) is 28.1 Å². The monoisotopic (exact) mass is 310 g/mol. The standard InChI is InChI=1S/C10H14O5S3/c1-6(2)18(13,14)8-5-7(9(11)15-3)16-10(8)17(4)12/h5-6H,1-4H3/t17-/m1/s1. The average Bonchev–Trinajstić information content (AvgIpc) is 2.73. The number of sulfone groups is 1. The first-order valence-corrected chi connectivity index (χ1v) is 8.93. The molecule has 0 aliphatic heterocycles. The highest BCUT2D eigenvalue weighted by atomic mass is 32.2. The zero-order valence-corrected chi connectivity index (χ0v) is 12.9. The lowest BCUT2D eigenvalue weighted by Gasteiger charge is -2.06. The van der Waals surface area contributed by atoms with Gasteiger partial charge < -0.3 is 4.74 Å². The Morgan fingerprint density at radius 2 is 2.00 bits per heavy atom. The van der Waals surface area contributed by atoms with Gasteiger partial charge >= 0.3 is 5.97 Å². The highest BCUT2D eigenvalue weighted by Gasteiger charge is 2.28. The zero-order valence-electron chi connectivity index (χ0n) is 10.4. The summed E-state index contributed by atoms with van der Waals surface area (Å²) in [6, 6.07) is 1.24. The lowest BCUT2D eigenvalue weighted by Crippen LogP contribution is -2.14. The van der Waals surface area contributed by atoms with Gasteiger partial charge in [-0.1, -0.05) is 0 Å². The summed E-state index contributed by atoms with van der Waals surface area (Å²) in [7, 11) is -3.82. The molecule has 1 aromatic heterocycles. The van der Waals surface area contributed by atoms with Crippen LogP contribution in [0, 0.1) is 0 Å². The van der Waals surface area contributed by atoms with Gasteiger partial charge in [0.2, 0.25) is 0 Å². The summed E-state index contributed by atoms with van der Waals surface area (Å²) in [6.07, 6.45) is 1.38. The first kappa shape index (κ1) is 15.3. The van der Waals surface area contributed by atoms with Crippen molar-refractivity contribution in [3.8, 4) is 0 Å². The Balaban J connectivity index is 3.49. The number of rotatable bonds is 4. The second-order valence-electron chi connectivity index (χ2n) is 3.80. The normalized spacial score (nSPS) is 13.6. The number of esters is 1. The van der Waals surface area contributed by atoms with Crippen molar-refractivity contribution in [1.29, 1.82) is 0 Å². The van der Waals surface area contributed by atoms with Crippen LogP contribution in [0.1, 0.15) is 23.5 Å². The van der Waals surface area contributed by atoms with Crippen LogP contribution in [0.15, 0.2) is 15.2 Å². The molecule has 1 heterocycles. The number of thiophene rings is 1. The van der Waals surface area contributed by atoms with Gasteiger partial charge in [0.25, 0.3) is 0 Å². The topological polar surface area (TPSA) is 77.5 Å². The molecular weight excluding hydrogens is 296 g/mol. The van der Waals surface area contributed by atoms with E-state index in [4.69, 9.17) is 0 Å². The quantitative estimate of drug-likeness (QED) is 0.787. The van der Waals surface area contributed by atoms with E-state index in [1.54, 1.807) is 0 Å². The Bertz CT molecular complexity index is 583. The number of hydrogen-bond acceptors (Lipinski definition) is 6. The van der Waals surface area contributed by atoms with Gasteiger partial charge in [-0.2, -0.15) is 0 Å². The van der Waals surface area contributed by atoms with E-state index in [0.717, 1.165) is 11.3 Å². The van der Waals surface area contributed by atoms with E-state index in [1.165, 1.54) is 33.3 Å². The van der Waals surface area contributed by atoms with Crippen LogP contribution in [0.25, 0.3) is 0 Å². The molecule has 1 atom stereocenters. The zero-order chi connectivity index (χ0) is 14.1. The summed E-state index contributed by atoms with van der Waals surface area (Å²) < 4.78 is 40.5. The van der Waals surface area contributed by atoms with Crippen LogP contribution in [0.3, 0.4) is 0 Å². The average molecular weight is 310 g/mol. The molecule has 0 aliphatic carbocycles. The van der Waals surface area contributed by atoms with Crippen molar-refractivity contribution in [2.75, 3.05) is 13.4 Å². The molecule has 0 saturated carbocycles. The fourth-order valence-corrected chi connectivity index (χ4v) is 5.27. The highest BCUT2D eigenvalue weighted by molar-refractivity contribution is 7.93. The minimum atomic E-state index is -3.56. The molecule has 5 nitrogen and oxygen atoms in total. The summed E-state index contributed by atoms with van der Waals surface area (Å²) in [5.74, 6) is -0.628. The smallest absolute Gasteiger partial charge is 0.348 e. The van der Waals surface area contributed by atoms with Crippen molar-refractivity contribution in [2.45, 2.75) is 28.2 Å². The van der Waals surface area contributed by atoms with Crippen LogP contribution in [0.4, 0.5) is 0 Å². The van der Waals surface area contributed by atoms with Crippen molar-refractivity contribution in [1.82, 2.24) is 0 Å². The maximum atomic E-state index is 12.1. The van der Waals surface area contributed by atoms with Crippen molar-refractivity contribution in [3.63, 3.8) is 0 Å². The molecule has 8 heteroatoms. The van der Waals surface area contributed by atoms with Gasteiger partial charge in [0.1, 0.15) is 9.09 Å². The summed E-state index contributed by atoms with van der Waals surface area (Å²) in [4.78, 5) is 11.5. The molecule has 0 amide bonds. The fourth-order valence-electron chi connectivity index (χ4n) is 1.21. The first-order chi connectivity index (χ1) is 8.21. The molecule has 18 heavy (non-hydrogen) atoms. The van der Waals surface area contributed by atoms with Crippen molar-refractivity contribution < 1.29 is 22.2 Å². The number of ether oxygens (including phenoxy) is 1. The SMILES string of the molecule is COC(=O)c1cc(S(=O)(=O)C(C)C)c([S@@](C)=O)s1. The minimum absolute atomic E-state index is 0.0382.